The number of halogens is 4. The van der Waals surface area contributed by atoms with Crippen LogP contribution >= 0.6 is 39.0 Å². The fraction of sp³-hybridized carbons (Fsp3) is 0.346. The third kappa shape index (κ3) is 3.32. The number of thiazole rings is 1. The topological polar surface area (TPSA) is 70.2 Å². The zero-order valence-corrected chi connectivity index (χ0v) is 22.1. The average molecular weight is 607 g/mol. The van der Waals surface area contributed by atoms with Crippen LogP contribution in [0.2, 0.25) is 0 Å². The Bertz CT molecular complexity index is 1520. The van der Waals surface area contributed by atoms with Crippen LogP contribution in [0.3, 0.4) is 0 Å². The summed E-state index contributed by atoms with van der Waals surface area (Å²) in [6.45, 7) is 0. The number of carbonyl (C=O) groups excluding carboxylic acids is 2. The van der Waals surface area contributed by atoms with E-state index in [1.807, 2.05) is 24.3 Å². The molecule has 3 heterocycles. The van der Waals surface area contributed by atoms with Gasteiger partial charge in [-0.15, -0.1) is 11.8 Å². The van der Waals surface area contributed by atoms with E-state index in [9.17, 15) is 27.6 Å². The van der Waals surface area contributed by atoms with Gasteiger partial charge in [-0.1, -0.05) is 51.5 Å². The first-order valence-corrected chi connectivity index (χ1v) is 14.3. The molecule has 0 spiro atoms. The summed E-state index contributed by atoms with van der Waals surface area (Å²) in [6, 6.07) is 12.7. The number of aromatic nitrogens is 1. The number of fused-ring (bicyclic) bond motifs is 9. The fourth-order valence-electron chi connectivity index (χ4n) is 7.21. The molecule has 2 aliphatic heterocycles. The van der Waals surface area contributed by atoms with Crippen LogP contribution < -0.4 is 9.77 Å². The van der Waals surface area contributed by atoms with Gasteiger partial charge in [0.1, 0.15) is 0 Å². The number of hydrogen-bond donors (Lipinski definition) is 1. The lowest BCUT2D eigenvalue weighted by atomic mass is 9.68. The van der Waals surface area contributed by atoms with Crippen molar-refractivity contribution < 1.29 is 22.8 Å². The summed E-state index contributed by atoms with van der Waals surface area (Å²) in [5.74, 6) is -2.83. The number of thioether (sulfide) groups is 1. The number of nitrogens with one attached hydrogen (secondary N) is 1. The van der Waals surface area contributed by atoms with E-state index in [-0.39, 0.29) is 39.5 Å². The highest BCUT2D eigenvalue weighted by Crippen LogP contribution is 2.68. The highest BCUT2D eigenvalue weighted by molar-refractivity contribution is 9.10. The Labute approximate surface area is 225 Å². The van der Waals surface area contributed by atoms with Gasteiger partial charge in [-0.05, 0) is 54.0 Å². The first-order chi connectivity index (χ1) is 17.6. The van der Waals surface area contributed by atoms with E-state index in [4.69, 9.17) is 0 Å². The molecule has 3 fully saturated rings. The smallest absolute Gasteiger partial charge is 0.307 e. The molecule has 2 aromatic carbocycles. The number of imide groups is 1. The van der Waals surface area contributed by atoms with Crippen LogP contribution in [-0.2, 0) is 15.8 Å². The Hall–Kier alpha value is -2.37. The van der Waals surface area contributed by atoms with Crippen LogP contribution in [0.4, 0.5) is 18.9 Å². The summed E-state index contributed by atoms with van der Waals surface area (Å²) >= 11 is 6.19. The molecule has 1 aromatic heterocycles. The summed E-state index contributed by atoms with van der Waals surface area (Å²) in [6.07, 6.45) is -4.01. The fourth-order valence-corrected chi connectivity index (χ4v) is 10.4. The van der Waals surface area contributed by atoms with Crippen molar-refractivity contribution in [1.29, 1.82) is 0 Å². The maximum Gasteiger partial charge on any atom is 0.418 e. The molecule has 7 atom stereocenters. The van der Waals surface area contributed by atoms with E-state index in [1.165, 1.54) is 29.5 Å². The molecule has 190 valence electrons. The minimum atomic E-state index is -4.69. The van der Waals surface area contributed by atoms with Gasteiger partial charge < -0.3 is 4.98 Å². The number of alkyl halides is 3. The van der Waals surface area contributed by atoms with E-state index < -0.39 is 35.4 Å². The minimum absolute atomic E-state index is 0.00839. The van der Waals surface area contributed by atoms with Crippen LogP contribution in [0.5, 0.6) is 0 Å². The highest BCUT2D eigenvalue weighted by Gasteiger charge is 2.70. The lowest BCUT2D eigenvalue weighted by Crippen LogP contribution is -2.42. The van der Waals surface area contributed by atoms with Gasteiger partial charge in [0.25, 0.3) is 0 Å². The molecule has 3 aromatic rings. The summed E-state index contributed by atoms with van der Waals surface area (Å²) < 4.78 is 42.3. The zero-order chi connectivity index (χ0) is 25.8. The number of nitrogens with zero attached hydrogens (tertiary/aromatic N) is 1. The first kappa shape index (κ1) is 23.7. The molecule has 2 amide bonds. The van der Waals surface area contributed by atoms with Gasteiger partial charge >= 0.3 is 11.0 Å². The number of hydrogen-bond acceptors (Lipinski definition) is 5. The van der Waals surface area contributed by atoms with Crippen LogP contribution in [0, 0.1) is 29.6 Å². The molecular weight excluding hydrogens is 589 g/mol. The molecule has 2 saturated carbocycles. The molecule has 5 unspecified atom stereocenters. The van der Waals surface area contributed by atoms with E-state index in [2.05, 4.69) is 20.9 Å². The van der Waals surface area contributed by atoms with Crippen molar-refractivity contribution >= 4 is 56.5 Å². The zero-order valence-electron chi connectivity index (χ0n) is 18.9. The molecule has 7 rings (SSSR count). The lowest BCUT2D eigenvalue weighted by molar-refractivity contribution is -0.137. The van der Waals surface area contributed by atoms with Gasteiger partial charge in [0.15, 0.2) is 0 Å². The van der Waals surface area contributed by atoms with Crippen LogP contribution in [-0.4, -0.2) is 22.0 Å². The average Bonchev–Trinajstić information content (AvgIpc) is 3.58. The number of rotatable bonds is 2. The van der Waals surface area contributed by atoms with Crippen LogP contribution in [0.25, 0.3) is 0 Å². The van der Waals surface area contributed by atoms with Gasteiger partial charge in [-0.3, -0.25) is 14.4 Å². The Morgan fingerprint density at radius 2 is 1.62 bits per heavy atom. The van der Waals surface area contributed by atoms with Crippen molar-refractivity contribution in [3.8, 4) is 0 Å². The quantitative estimate of drug-likeness (QED) is 0.369. The summed E-state index contributed by atoms with van der Waals surface area (Å²) in [5.41, 5.74) is -0.347. The molecule has 0 radical (unpaired) electrons. The summed E-state index contributed by atoms with van der Waals surface area (Å²) in [4.78, 5) is 44.3. The number of aromatic amines is 1. The standard InChI is InChI=1S/C26H18BrF3N2O3S2/c27-11-7-5-10(6-8-11)16-17-12-9-13(20(17)36-22-21(16)37-25(35)31-22)19-18(12)23(33)32(24(19)34)15-4-2-1-3-14(15)26(28,29)30/h1-8,12-13,16-20H,9H2,(H,31,35)/t12-,13-,16?,17?,18?,19?,20?/m1/s1. The van der Waals surface area contributed by atoms with E-state index >= 15 is 0 Å². The predicted octanol–water partition coefficient (Wildman–Crippen LogP) is 5.90. The SMILES string of the molecule is O=C1C2C(C(=O)N1c1ccccc1C(F)(F)F)[C@@H]1C[C@H]2C2Sc3[nH]c(=O)sc3C(c3ccc(Br)cc3)C21. The number of carbonyl (C=O) groups is 2. The van der Waals surface area contributed by atoms with Crippen LogP contribution in [0.1, 0.15) is 28.3 Å². The molecule has 2 bridgehead atoms. The molecule has 37 heavy (non-hydrogen) atoms. The third-order valence-corrected chi connectivity index (χ3v) is 11.5. The normalized spacial score (nSPS) is 32.0. The second kappa shape index (κ2) is 8.07. The van der Waals surface area contributed by atoms with E-state index in [1.54, 1.807) is 11.8 Å². The predicted molar refractivity (Wildman–Crippen MR) is 137 cm³/mol. The Morgan fingerprint density at radius 3 is 2.32 bits per heavy atom. The highest BCUT2D eigenvalue weighted by atomic mass is 79.9. The largest absolute Gasteiger partial charge is 0.418 e. The van der Waals surface area contributed by atoms with Crippen LogP contribution in [0.15, 0.2) is 62.8 Å². The number of H-pyrrole nitrogens is 1. The summed E-state index contributed by atoms with van der Waals surface area (Å²) in [7, 11) is 0. The molecule has 11 heteroatoms. The molecule has 1 saturated heterocycles. The van der Waals surface area contributed by atoms with Crippen molar-refractivity contribution in [2.24, 2.45) is 29.6 Å². The maximum atomic E-state index is 13.8. The van der Waals surface area contributed by atoms with Crippen molar-refractivity contribution in [2.75, 3.05) is 4.90 Å². The second-order valence-corrected chi connectivity index (χ2v) is 13.2. The maximum absolute atomic E-state index is 13.8. The number of para-hydroxylation sites is 1. The first-order valence-electron chi connectivity index (χ1n) is 11.8. The third-order valence-electron chi connectivity index (χ3n) is 8.40. The number of anilines is 1. The molecule has 4 aliphatic rings. The van der Waals surface area contributed by atoms with Crippen molar-refractivity contribution in [3.63, 3.8) is 0 Å². The monoisotopic (exact) mass is 606 g/mol. The van der Waals surface area contributed by atoms with Gasteiger partial charge in [0, 0.05) is 20.5 Å². The Balaban J connectivity index is 1.32. The van der Waals surface area contributed by atoms with E-state index in [0.717, 1.165) is 30.9 Å². The van der Waals surface area contributed by atoms with Crippen molar-refractivity contribution in [2.45, 2.75) is 28.8 Å². The van der Waals surface area contributed by atoms with Gasteiger partial charge in [-0.2, -0.15) is 13.2 Å². The Morgan fingerprint density at radius 1 is 0.946 bits per heavy atom. The molecule has 5 nitrogen and oxygen atoms in total. The van der Waals surface area contributed by atoms with Crippen molar-refractivity contribution in [1.82, 2.24) is 4.98 Å². The van der Waals surface area contributed by atoms with Gasteiger partial charge in [-0.25, -0.2) is 4.90 Å². The second-order valence-electron chi connectivity index (χ2n) is 10.0. The molecule has 1 N–H and O–H groups in total. The number of amides is 2. The molecular formula is C26H18BrF3N2O3S2. The Kier molecular flexibility index (Phi) is 5.17. The van der Waals surface area contributed by atoms with Gasteiger partial charge in [0.05, 0.1) is 28.1 Å². The minimum Gasteiger partial charge on any atom is -0.307 e. The summed E-state index contributed by atoms with van der Waals surface area (Å²) in [5, 5.41) is 0.775. The van der Waals surface area contributed by atoms with E-state index in [0.29, 0.717) is 6.42 Å². The molecule has 2 aliphatic carbocycles. The van der Waals surface area contributed by atoms with Crippen molar-refractivity contribution in [3.05, 3.63) is 78.7 Å². The van der Waals surface area contributed by atoms with Gasteiger partial charge in [0.2, 0.25) is 11.8 Å². The lowest BCUT2D eigenvalue weighted by Gasteiger charge is -2.43. The number of benzene rings is 2.